The second-order valence-electron chi connectivity index (χ2n) is 4.20. The monoisotopic (exact) mass is 307 g/mol. The Morgan fingerprint density at radius 3 is 2.53 bits per heavy atom. The maximum Gasteiger partial charge on any atom is 0.308 e. The van der Waals surface area contributed by atoms with Gasteiger partial charge >= 0.3 is 5.97 Å². The smallest absolute Gasteiger partial charge is 0.308 e. The average molecular weight is 308 g/mol. The molecule has 0 aliphatic carbocycles. The lowest BCUT2D eigenvalue weighted by molar-refractivity contribution is -0.145. The number of carbonyl (C=O) groups is 2. The Balaban J connectivity index is 4.26. The van der Waals surface area contributed by atoms with E-state index in [1.54, 1.807) is 0 Å². The van der Waals surface area contributed by atoms with E-state index < -0.39 is 0 Å². The van der Waals surface area contributed by atoms with Crippen molar-refractivity contribution in [2.24, 2.45) is 5.92 Å². The van der Waals surface area contributed by atoms with Crippen LogP contribution in [0.25, 0.3) is 0 Å². The van der Waals surface area contributed by atoms with E-state index in [0.29, 0.717) is 11.8 Å². The number of hydrogen-bond acceptors (Lipinski definition) is 3. The predicted octanol–water partition coefficient (Wildman–Crippen LogP) is 2.26. The predicted molar refractivity (Wildman–Crippen MR) is 71.0 cm³/mol. The number of halogens is 1. The second-order valence-corrected chi connectivity index (χ2v) is 4.76. The molecular formula is C12H22BrNO3. The average Bonchev–Trinajstić information content (AvgIpc) is 2.34. The number of carbonyl (C=O) groups excluding carboxylic acids is 2. The molecule has 0 fully saturated rings. The van der Waals surface area contributed by atoms with E-state index in [0.717, 1.165) is 19.3 Å². The van der Waals surface area contributed by atoms with Crippen LogP contribution in [0.3, 0.4) is 0 Å². The van der Waals surface area contributed by atoms with Crippen LogP contribution in [-0.4, -0.2) is 30.4 Å². The normalized spacial score (nSPS) is 13.9. The largest absolute Gasteiger partial charge is 0.469 e. The molecule has 2 unspecified atom stereocenters. The van der Waals surface area contributed by atoms with Crippen molar-refractivity contribution in [2.75, 3.05) is 12.4 Å². The van der Waals surface area contributed by atoms with E-state index in [2.05, 4.69) is 32.9 Å². The summed E-state index contributed by atoms with van der Waals surface area (Å²) >= 11 is 3.12. The Morgan fingerprint density at radius 2 is 2.06 bits per heavy atom. The summed E-state index contributed by atoms with van der Waals surface area (Å²) in [6.07, 6.45) is 3.65. The van der Waals surface area contributed by atoms with Crippen molar-refractivity contribution in [2.45, 2.75) is 45.6 Å². The summed E-state index contributed by atoms with van der Waals surface area (Å²) in [7, 11) is 1.39. The molecular weight excluding hydrogens is 286 g/mol. The van der Waals surface area contributed by atoms with E-state index in [4.69, 9.17) is 0 Å². The second kappa shape index (κ2) is 9.45. The molecule has 0 aliphatic heterocycles. The Kier molecular flexibility index (Phi) is 9.13. The number of alkyl halides is 1. The first kappa shape index (κ1) is 16.4. The quantitative estimate of drug-likeness (QED) is 0.553. The van der Waals surface area contributed by atoms with E-state index in [-0.39, 0.29) is 23.8 Å². The third-order valence-electron chi connectivity index (χ3n) is 2.63. The minimum Gasteiger partial charge on any atom is -0.469 e. The molecule has 0 radical (unpaired) electrons. The van der Waals surface area contributed by atoms with Crippen LogP contribution in [0.5, 0.6) is 0 Å². The Labute approximate surface area is 112 Å². The number of rotatable bonds is 8. The van der Waals surface area contributed by atoms with Crippen LogP contribution in [0.2, 0.25) is 0 Å². The van der Waals surface area contributed by atoms with Gasteiger partial charge in [0.05, 0.1) is 18.4 Å². The van der Waals surface area contributed by atoms with Gasteiger partial charge in [-0.15, -0.1) is 0 Å². The van der Waals surface area contributed by atoms with Gasteiger partial charge in [0.15, 0.2) is 0 Å². The number of hydrogen-bond donors (Lipinski definition) is 1. The van der Waals surface area contributed by atoms with Gasteiger partial charge in [0.1, 0.15) is 0 Å². The van der Waals surface area contributed by atoms with Crippen LogP contribution in [-0.2, 0) is 14.3 Å². The van der Waals surface area contributed by atoms with Crippen LogP contribution in [0.4, 0.5) is 0 Å². The van der Waals surface area contributed by atoms with Gasteiger partial charge in [-0.3, -0.25) is 9.59 Å². The molecule has 0 aliphatic rings. The maximum absolute atomic E-state index is 11.3. The van der Waals surface area contributed by atoms with Gasteiger partial charge in [-0.25, -0.2) is 0 Å². The SMILES string of the molecule is CCCCC(CC(C)C(=O)OC)NC(=O)CBr. The van der Waals surface area contributed by atoms with E-state index in [9.17, 15) is 9.59 Å². The highest BCUT2D eigenvalue weighted by Crippen LogP contribution is 2.13. The summed E-state index contributed by atoms with van der Waals surface area (Å²) in [6, 6.07) is 0.0501. The van der Waals surface area contributed by atoms with Gasteiger partial charge in [-0.1, -0.05) is 42.6 Å². The first-order valence-corrected chi connectivity index (χ1v) is 7.10. The first-order chi connectivity index (χ1) is 8.04. The molecule has 1 amide bonds. The van der Waals surface area contributed by atoms with Crippen LogP contribution in [0.15, 0.2) is 0 Å². The molecule has 0 heterocycles. The molecule has 5 heteroatoms. The summed E-state index contributed by atoms with van der Waals surface area (Å²) in [4.78, 5) is 22.7. The first-order valence-electron chi connectivity index (χ1n) is 5.98. The van der Waals surface area contributed by atoms with E-state index in [1.807, 2.05) is 6.92 Å². The zero-order valence-corrected chi connectivity index (χ0v) is 12.4. The van der Waals surface area contributed by atoms with Gasteiger partial charge in [-0.2, -0.15) is 0 Å². The van der Waals surface area contributed by atoms with Gasteiger partial charge in [0.25, 0.3) is 0 Å². The van der Waals surface area contributed by atoms with Gasteiger partial charge in [-0.05, 0) is 12.8 Å². The highest BCUT2D eigenvalue weighted by atomic mass is 79.9. The van der Waals surface area contributed by atoms with E-state index >= 15 is 0 Å². The Bertz CT molecular complexity index is 246. The molecule has 0 rings (SSSR count). The lowest BCUT2D eigenvalue weighted by Crippen LogP contribution is -2.37. The van der Waals surface area contributed by atoms with Crippen molar-refractivity contribution in [3.05, 3.63) is 0 Å². The number of esters is 1. The number of unbranched alkanes of at least 4 members (excludes halogenated alkanes) is 1. The summed E-state index contributed by atoms with van der Waals surface area (Å²) < 4.78 is 4.69. The highest BCUT2D eigenvalue weighted by Gasteiger charge is 2.20. The molecule has 0 aromatic heterocycles. The van der Waals surface area contributed by atoms with Crippen molar-refractivity contribution in [1.82, 2.24) is 5.32 Å². The fourth-order valence-electron chi connectivity index (χ4n) is 1.69. The molecule has 0 spiro atoms. The molecule has 0 aromatic carbocycles. The molecule has 0 saturated heterocycles. The van der Waals surface area contributed by atoms with Gasteiger partial charge < -0.3 is 10.1 Å². The maximum atomic E-state index is 11.3. The van der Waals surface area contributed by atoms with Crippen molar-refractivity contribution in [3.8, 4) is 0 Å². The molecule has 0 saturated carbocycles. The zero-order chi connectivity index (χ0) is 13.3. The Morgan fingerprint density at radius 1 is 1.41 bits per heavy atom. The zero-order valence-electron chi connectivity index (χ0n) is 10.8. The van der Waals surface area contributed by atoms with Crippen LogP contribution >= 0.6 is 15.9 Å². The third-order valence-corrected chi connectivity index (χ3v) is 3.14. The number of ether oxygens (including phenoxy) is 1. The van der Waals surface area contributed by atoms with Crippen LogP contribution < -0.4 is 5.32 Å². The molecule has 100 valence electrons. The van der Waals surface area contributed by atoms with Crippen LogP contribution in [0, 0.1) is 5.92 Å². The summed E-state index contributed by atoms with van der Waals surface area (Å²) in [6.45, 7) is 3.93. The summed E-state index contributed by atoms with van der Waals surface area (Å²) in [5.41, 5.74) is 0. The standard InChI is InChI=1S/C12H22BrNO3/c1-4-5-6-10(14-11(15)8-13)7-9(2)12(16)17-3/h9-10H,4-8H2,1-3H3,(H,14,15). The highest BCUT2D eigenvalue weighted by molar-refractivity contribution is 9.09. The van der Waals surface area contributed by atoms with Crippen molar-refractivity contribution < 1.29 is 14.3 Å². The number of methoxy groups -OCH3 is 1. The molecule has 4 nitrogen and oxygen atoms in total. The minimum atomic E-state index is -0.223. The van der Waals surface area contributed by atoms with Gasteiger partial charge in [0, 0.05) is 6.04 Å². The molecule has 1 N–H and O–H groups in total. The van der Waals surface area contributed by atoms with Crippen LogP contribution in [0.1, 0.15) is 39.5 Å². The van der Waals surface area contributed by atoms with Gasteiger partial charge in [0.2, 0.25) is 5.91 Å². The molecule has 0 bridgehead atoms. The number of amides is 1. The molecule has 2 atom stereocenters. The molecule has 0 aromatic rings. The fourth-order valence-corrected chi connectivity index (χ4v) is 1.85. The van der Waals surface area contributed by atoms with E-state index in [1.165, 1.54) is 7.11 Å². The van der Waals surface area contributed by atoms with Crippen molar-refractivity contribution in [1.29, 1.82) is 0 Å². The fraction of sp³-hybridized carbons (Fsp3) is 0.833. The van der Waals surface area contributed by atoms with Crippen molar-refractivity contribution >= 4 is 27.8 Å². The molecule has 17 heavy (non-hydrogen) atoms. The Hall–Kier alpha value is -0.580. The lowest BCUT2D eigenvalue weighted by atomic mass is 9.97. The topological polar surface area (TPSA) is 55.4 Å². The summed E-state index contributed by atoms with van der Waals surface area (Å²) in [5, 5.41) is 3.21. The third kappa shape index (κ3) is 7.36. The number of nitrogens with one attached hydrogen (secondary N) is 1. The lowest BCUT2D eigenvalue weighted by Gasteiger charge is -2.20. The minimum absolute atomic E-state index is 0.0387. The summed E-state index contributed by atoms with van der Waals surface area (Å²) in [5.74, 6) is -0.444. The van der Waals surface area contributed by atoms with Crippen molar-refractivity contribution in [3.63, 3.8) is 0 Å².